The molecule has 0 amide bonds. The monoisotopic (exact) mass is 311 g/mol. The number of fused-ring (bicyclic) bond motifs is 1. The second kappa shape index (κ2) is 5.37. The van der Waals surface area contributed by atoms with E-state index >= 15 is 0 Å². The number of hydrogen-bond acceptors (Lipinski definition) is 2. The van der Waals surface area contributed by atoms with Gasteiger partial charge in [-0.1, -0.05) is 0 Å². The van der Waals surface area contributed by atoms with Gasteiger partial charge < -0.3 is 0 Å². The first-order valence-electron chi connectivity index (χ1n) is 6.14. The lowest BCUT2D eigenvalue weighted by molar-refractivity contribution is 0.533. The highest BCUT2D eigenvalue weighted by Gasteiger charge is 2.19. The topological polar surface area (TPSA) is 30.7 Å². The fraction of sp³-hybridized carbons (Fsp3) is 0.143. The van der Waals surface area contributed by atoms with Crippen molar-refractivity contribution in [3.05, 3.63) is 53.9 Å². The highest BCUT2D eigenvalue weighted by molar-refractivity contribution is 6.17. The van der Waals surface area contributed by atoms with Crippen molar-refractivity contribution in [2.75, 3.05) is 5.88 Å². The Bertz CT molecular complexity index is 793. The molecule has 2 aromatic heterocycles. The summed E-state index contributed by atoms with van der Waals surface area (Å²) in [7, 11) is 0. The first-order chi connectivity index (χ1) is 10.1. The maximum atomic E-state index is 14.0. The molecule has 3 aromatic rings. The first kappa shape index (κ1) is 13.9. The number of halogens is 4. The van der Waals surface area contributed by atoms with Crippen LogP contribution in [0.25, 0.3) is 16.7 Å². The second-order valence-electron chi connectivity index (χ2n) is 4.38. The van der Waals surface area contributed by atoms with Gasteiger partial charge >= 0.3 is 0 Å². The lowest BCUT2D eigenvalue weighted by Crippen LogP contribution is -2.07. The fourth-order valence-electron chi connectivity index (χ4n) is 2.23. The van der Waals surface area contributed by atoms with Crippen molar-refractivity contribution in [3.8, 4) is 5.69 Å². The lowest BCUT2D eigenvalue weighted by atomic mass is 10.2. The molecule has 0 aliphatic rings. The molecular weight excluding hydrogens is 303 g/mol. The summed E-state index contributed by atoms with van der Waals surface area (Å²) in [5, 5.41) is 0. The summed E-state index contributed by atoms with van der Waals surface area (Å²) in [6.45, 7) is 0. The van der Waals surface area contributed by atoms with Gasteiger partial charge in [0.25, 0.3) is 0 Å². The molecule has 3 nitrogen and oxygen atoms in total. The van der Waals surface area contributed by atoms with Gasteiger partial charge in [-0.25, -0.2) is 18.2 Å². The summed E-state index contributed by atoms with van der Waals surface area (Å²) in [4.78, 5) is 8.20. The molecule has 21 heavy (non-hydrogen) atoms. The molecule has 0 atom stereocenters. The molecule has 3 rings (SSSR count). The van der Waals surface area contributed by atoms with Crippen molar-refractivity contribution in [1.82, 2.24) is 14.5 Å². The number of nitrogens with zero attached hydrogens (tertiary/aromatic N) is 3. The highest BCUT2D eigenvalue weighted by atomic mass is 35.5. The zero-order valence-electron chi connectivity index (χ0n) is 10.7. The van der Waals surface area contributed by atoms with Crippen LogP contribution < -0.4 is 0 Å². The third kappa shape index (κ3) is 2.35. The molecule has 0 radical (unpaired) electrons. The Hall–Kier alpha value is -2.08. The van der Waals surface area contributed by atoms with Crippen LogP contribution in [0, 0.1) is 17.5 Å². The van der Waals surface area contributed by atoms with E-state index in [1.807, 2.05) is 0 Å². The van der Waals surface area contributed by atoms with Gasteiger partial charge in [-0.2, -0.15) is 0 Å². The van der Waals surface area contributed by atoms with Gasteiger partial charge in [0, 0.05) is 30.6 Å². The summed E-state index contributed by atoms with van der Waals surface area (Å²) in [6.07, 6.45) is 3.29. The van der Waals surface area contributed by atoms with E-state index in [2.05, 4.69) is 9.97 Å². The Balaban J connectivity index is 2.36. The zero-order chi connectivity index (χ0) is 15.0. The van der Waals surface area contributed by atoms with Crippen LogP contribution in [0.2, 0.25) is 0 Å². The predicted molar refractivity (Wildman–Crippen MR) is 73.2 cm³/mol. The van der Waals surface area contributed by atoms with Crippen LogP contribution in [-0.4, -0.2) is 20.4 Å². The van der Waals surface area contributed by atoms with Gasteiger partial charge in [-0.05, 0) is 6.07 Å². The Morgan fingerprint density at radius 3 is 2.52 bits per heavy atom. The Kier molecular flexibility index (Phi) is 3.55. The van der Waals surface area contributed by atoms with Crippen LogP contribution >= 0.6 is 11.6 Å². The third-order valence-electron chi connectivity index (χ3n) is 3.05. The van der Waals surface area contributed by atoms with Crippen molar-refractivity contribution in [1.29, 1.82) is 0 Å². The Morgan fingerprint density at radius 2 is 1.86 bits per heavy atom. The summed E-state index contributed by atoms with van der Waals surface area (Å²) >= 11 is 5.71. The number of alkyl halides is 1. The molecule has 1 aromatic carbocycles. The van der Waals surface area contributed by atoms with Gasteiger partial charge in [-0.3, -0.25) is 9.55 Å². The predicted octanol–water partition coefficient (Wildman–Crippen LogP) is 3.62. The average Bonchev–Trinajstić information content (AvgIpc) is 2.77. The minimum atomic E-state index is -1.00. The molecule has 0 bridgehead atoms. The van der Waals surface area contributed by atoms with Crippen LogP contribution in [-0.2, 0) is 6.42 Å². The number of aromatic nitrogens is 3. The summed E-state index contributed by atoms with van der Waals surface area (Å²) < 4.78 is 42.5. The van der Waals surface area contributed by atoms with Gasteiger partial charge in [0.1, 0.15) is 22.8 Å². The molecule has 0 fully saturated rings. The van der Waals surface area contributed by atoms with Crippen LogP contribution in [0.3, 0.4) is 0 Å². The normalized spacial score (nSPS) is 11.2. The number of rotatable bonds is 3. The maximum absolute atomic E-state index is 14.0. The van der Waals surface area contributed by atoms with Crippen molar-refractivity contribution in [2.24, 2.45) is 0 Å². The van der Waals surface area contributed by atoms with E-state index in [0.29, 0.717) is 35.4 Å². The van der Waals surface area contributed by atoms with Crippen molar-refractivity contribution in [3.63, 3.8) is 0 Å². The van der Waals surface area contributed by atoms with Crippen LogP contribution in [0.1, 0.15) is 5.82 Å². The molecular formula is C14H9ClF3N3. The number of hydrogen-bond donors (Lipinski definition) is 0. The SMILES string of the molecule is Fc1cc(F)c(-n2c(CCCl)nc3cnccc32)c(F)c1. The first-order valence-corrected chi connectivity index (χ1v) is 6.67. The molecule has 0 aliphatic heterocycles. The van der Waals surface area contributed by atoms with Gasteiger partial charge in [0.15, 0.2) is 11.6 Å². The highest BCUT2D eigenvalue weighted by Crippen LogP contribution is 2.26. The maximum Gasteiger partial charge on any atom is 0.153 e. The Labute approximate surface area is 123 Å². The molecule has 0 saturated heterocycles. The Morgan fingerprint density at radius 1 is 1.14 bits per heavy atom. The third-order valence-corrected chi connectivity index (χ3v) is 3.24. The van der Waals surface area contributed by atoms with Crippen LogP contribution in [0.15, 0.2) is 30.6 Å². The van der Waals surface area contributed by atoms with Crippen molar-refractivity contribution >= 4 is 22.6 Å². The zero-order valence-corrected chi connectivity index (χ0v) is 11.4. The van der Waals surface area contributed by atoms with Gasteiger partial charge in [0.05, 0.1) is 11.7 Å². The molecule has 0 saturated carbocycles. The van der Waals surface area contributed by atoms with Crippen LogP contribution in [0.5, 0.6) is 0 Å². The summed E-state index contributed by atoms with van der Waals surface area (Å²) in [5.41, 5.74) is 0.598. The minimum Gasteiger partial charge on any atom is -0.291 e. The van der Waals surface area contributed by atoms with E-state index in [9.17, 15) is 13.2 Å². The average molecular weight is 312 g/mol. The molecule has 0 aliphatic carbocycles. The number of aryl methyl sites for hydroxylation is 1. The van der Waals surface area contributed by atoms with Crippen molar-refractivity contribution in [2.45, 2.75) is 6.42 Å². The van der Waals surface area contributed by atoms with Gasteiger partial charge in [-0.15, -0.1) is 11.6 Å². The van der Waals surface area contributed by atoms with E-state index in [-0.39, 0.29) is 11.6 Å². The number of benzene rings is 1. The molecule has 0 N–H and O–H groups in total. The smallest absolute Gasteiger partial charge is 0.153 e. The molecule has 0 unspecified atom stereocenters. The molecule has 0 spiro atoms. The quantitative estimate of drug-likeness (QED) is 0.692. The minimum absolute atomic E-state index is 0.237. The number of pyridine rings is 1. The van der Waals surface area contributed by atoms with Crippen LogP contribution in [0.4, 0.5) is 13.2 Å². The van der Waals surface area contributed by atoms with Gasteiger partial charge in [0.2, 0.25) is 0 Å². The summed E-state index contributed by atoms with van der Waals surface area (Å²) in [6, 6.07) is 2.86. The second-order valence-corrected chi connectivity index (χ2v) is 4.76. The fourth-order valence-corrected chi connectivity index (χ4v) is 2.40. The van der Waals surface area contributed by atoms with E-state index in [1.165, 1.54) is 17.0 Å². The van der Waals surface area contributed by atoms with E-state index in [1.54, 1.807) is 6.07 Å². The molecule has 108 valence electrons. The standard InChI is InChI=1S/C14H9ClF3N3/c15-3-1-13-20-11-7-19-4-2-12(11)21(13)14-9(17)5-8(16)6-10(14)18/h2,4-7H,1,3H2. The summed E-state index contributed by atoms with van der Waals surface area (Å²) in [5.74, 6) is -2.35. The lowest BCUT2D eigenvalue weighted by Gasteiger charge is -2.11. The number of imidazole rings is 1. The van der Waals surface area contributed by atoms with E-state index < -0.39 is 17.5 Å². The molecule has 2 heterocycles. The van der Waals surface area contributed by atoms with E-state index in [4.69, 9.17) is 11.6 Å². The molecule has 7 heteroatoms. The van der Waals surface area contributed by atoms with Crippen molar-refractivity contribution < 1.29 is 13.2 Å². The largest absolute Gasteiger partial charge is 0.291 e. The van der Waals surface area contributed by atoms with E-state index in [0.717, 1.165) is 0 Å².